The molecular weight excluding hydrogens is 298 g/mol. The Bertz CT molecular complexity index is 729. The van der Waals surface area contributed by atoms with Crippen molar-refractivity contribution in [2.45, 2.75) is 11.8 Å². The van der Waals surface area contributed by atoms with Crippen molar-refractivity contribution in [1.29, 1.82) is 0 Å². The first-order chi connectivity index (χ1) is 9.45. The molecule has 6 heteroatoms. The molecule has 2 aromatic carbocycles. The van der Waals surface area contributed by atoms with Crippen LogP contribution in [0.15, 0.2) is 47.4 Å². The lowest BCUT2D eigenvalue weighted by Gasteiger charge is -2.13. The molecule has 0 aliphatic carbocycles. The lowest BCUT2D eigenvalue weighted by molar-refractivity contribution is 0.403. The molecule has 20 heavy (non-hydrogen) atoms. The number of benzene rings is 2. The van der Waals surface area contributed by atoms with Gasteiger partial charge >= 0.3 is 0 Å². The molecule has 0 aliphatic heterocycles. The summed E-state index contributed by atoms with van der Waals surface area (Å²) < 4.78 is 32.4. The van der Waals surface area contributed by atoms with Crippen LogP contribution in [0.4, 0.5) is 5.69 Å². The molecule has 0 fully saturated rings. The van der Waals surface area contributed by atoms with Crippen molar-refractivity contribution in [2.24, 2.45) is 0 Å². The number of rotatable bonds is 4. The zero-order valence-corrected chi connectivity index (χ0v) is 12.6. The van der Waals surface area contributed by atoms with Crippen LogP contribution in [0.5, 0.6) is 5.75 Å². The summed E-state index contributed by atoms with van der Waals surface area (Å²) in [5.74, 6) is 0.291. The minimum Gasteiger partial charge on any atom is -0.495 e. The lowest BCUT2D eigenvalue weighted by atomic mass is 10.2. The average Bonchev–Trinajstić information content (AvgIpc) is 2.43. The largest absolute Gasteiger partial charge is 0.495 e. The topological polar surface area (TPSA) is 55.4 Å². The Morgan fingerprint density at radius 2 is 1.80 bits per heavy atom. The van der Waals surface area contributed by atoms with Crippen molar-refractivity contribution >= 4 is 27.3 Å². The summed E-state index contributed by atoms with van der Waals surface area (Å²) in [7, 11) is -2.30. The van der Waals surface area contributed by atoms with Crippen molar-refractivity contribution in [1.82, 2.24) is 0 Å². The van der Waals surface area contributed by atoms with Crippen molar-refractivity contribution in [2.75, 3.05) is 11.8 Å². The van der Waals surface area contributed by atoms with Crippen LogP contribution in [0, 0.1) is 6.92 Å². The fraction of sp³-hybridized carbons (Fsp3) is 0.143. The van der Waals surface area contributed by atoms with E-state index in [1.54, 1.807) is 43.3 Å². The molecule has 0 atom stereocenters. The Kier molecular flexibility index (Phi) is 4.20. The highest BCUT2D eigenvalue weighted by atomic mass is 35.5. The van der Waals surface area contributed by atoms with E-state index in [0.29, 0.717) is 22.0 Å². The summed E-state index contributed by atoms with van der Waals surface area (Å²) in [4.78, 5) is 0.0851. The summed E-state index contributed by atoms with van der Waals surface area (Å²) in [6.45, 7) is 1.75. The maximum atomic E-state index is 12.4. The van der Waals surface area contributed by atoms with E-state index >= 15 is 0 Å². The highest BCUT2D eigenvalue weighted by Gasteiger charge is 2.20. The molecule has 0 aliphatic rings. The summed E-state index contributed by atoms with van der Waals surface area (Å²) in [6.07, 6.45) is 0. The third-order valence-corrected chi connectivity index (χ3v) is 4.69. The van der Waals surface area contributed by atoms with Crippen LogP contribution in [0.1, 0.15) is 5.56 Å². The fourth-order valence-electron chi connectivity index (χ4n) is 1.76. The smallest absolute Gasteiger partial charge is 0.265 e. The Hall–Kier alpha value is -1.72. The van der Waals surface area contributed by atoms with Gasteiger partial charge in [0, 0.05) is 5.02 Å². The van der Waals surface area contributed by atoms with Crippen LogP contribution in [0.3, 0.4) is 0 Å². The summed E-state index contributed by atoms with van der Waals surface area (Å²) >= 11 is 5.99. The first-order valence-corrected chi connectivity index (χ1v) is 7.73. The molecule has 0 aromatic heterocycles. The quantitative estimate of drug-likeness (QED) is 0.940. The third-order valence-electron chi connectivity index (χ3n) is 2.87. The van der Waals surface area contributed by atoms with E-state index in [2.05, 4.69) is 4.72 Å². The van der Waals surface area contributed by atoms with E-state index in [0.717, 1.165) is 0 Å². The van der Waals surface area contributed by atoms with Crippen LogP contribution in [-0.2, 0) is 10.0 Å². The number of ether oxygens (including phenoxy) is 1. The number of hydrogen-bond donors (Lipinski definition) is 1. The van der Waals surface area contributed by atoms with E-state index < -0.39 is 10.0 Å². The molecule has 4 nitrogen and oxygen atoms in total. The first kappa shape index (κ1) is 14.7. The maximum Gasteiger partial charge on any atom is 0.265 e. The van der Waals surface area contributed by atoms with Crippen LogP contribution in [-0.4, -0.2) is 15.5 Å². The second kappa shape index (κ2) is 5.73. The van der Waals surface area contributed by atoms with E-state index in [1.165, 1.54) is 13.2 Å². The molecule has 0 amide bonds. The molecule has 0 unspecified atom stereocenters. The molecule has 0 heterocycles. The normalized spacial score (nSPS) is 11.2. The van der Waals surface area contributed by atoms with Gasteiger partial charge in [0.05, 0.1) is 12.8 Å². The Balaban J connectivity index is 2.44. The van der Waals surface area contributed by atoms with E-state index in [-0.39, 0.29) is 4.90 Å². The number of nitrogens with one attached hydrogen (secondary N) is 1. The van der Waals surface area contributed by atoms with Gasteiger partial charge in [-0.15, -0.1) is 0 Å². The van der Waals surface area contributed by atoms with Crippen molar-refractivity contribution in [3.05, 3.63) is 53.1 Å². The molecule has 0 spiro atoms. The van der Waals surface area contributed by atoms with Crippen LogP contribution in [0.2, 0.25) is 5.02 Å². The Labute approximate surface area is 123 Å². The van der Waals surface area contributed by atoms with Gasteiger partial charge in [0.2, 0.25) is 0 Å². The number of halogens is 1. The van der Waals surface area contributed by atoms with Crippen LogP contribution < -0.4 is 9.46 Å². The maximum absolute atomic E-state index is 12.4. The standard InChI is InChI=1S/C14H14ClNO3S/c1-10-11(15)6-5-7-12(10)16-20(17,18)14-9-4-3-8-13(14)19-2/h3-9,16H,1-2H3. The number of sulfonamides is 1. The summed E-state index contributed by atoms with van der Waals surface area (Å²) in [5, 5.41) is 0.505. The highest BCUT2D eigenvalue weighted by Crippen LogP contribution is 2.28. The molecule has 0 saturated carbocycles. The Morgan fingerprint density at radius 3 is 2.50 bits per heavy atom. The SMILES string of the molecule is COc1ccccc1S(=O)(=O)Nc1cccc(Cl)c1C. The van der Waals surface area contributed by atoms with Gasteiger partial charge in [-0.05, 0) is 36.8 Å². The predicted molar refractivity (Wildman–Crippen MR) is 80.0 cm³/mol. The van der Waals surface area contributed by atoms with Crippen LogP contribution in [0.25, 0.3) is 0 Å². The van der Waals surface area contributed by atoms with E-state index in [1.807, 2.05) is 0 Å². The van der Waals surface area contributed by atoms with Gasteiger partial charge in [-0.25, -0.2) is 8.42 Å². The number of anilines is 1. The van der Waals surface area contributed by atoms with Gasteiger partial charge in [-0.3, -0.25) is 4.72 Å². The number of para-hydroxylation sites is 1. The molecule has 2 aromatic rings. The second-order valence-electron chi connectivity index (χ2n) is 4.17. The summed E-state index contributed by atoms with van der Waals surface area (Å²) in [5.41, 5.74) is 1.12. The zero-order valence-electron chi connectivity index (χ0n) is 11.1. The van der Waals surface area contributed by atoms with E-state index in [9.17, 15) is 8.42 Å². The highest BCUT2D eigenvalue weighted by molar-refractivity contribution is 7.92. The predicted octanol–water partition coefficient (Wildman–Crippen LogP) is 3.46. The van der Waals surface area contributed by atoms with Gasteiger partial charge in [0.15, 0.2) is 0 Å². The molecule has 0 radical (unpaired) electrons. The first-order valence-electron chi connectivity index (χ1n) is 5.86. The van der Waals surface area contributed by atoms with Gasteiger partial charge in [0.25, 0.3) is 10.0 Å². The van der Waals surface area contributed by atoms with Gasteiger partial charge < -0.3 is 4.74 Å². The molecular formula is C14H14ClNO3S. The molecule has 2 rings (SSSR count). The molecule has 1 N–H and O–H groups in total. The fourth-order valence-corrected chi connectivity index (χ4v) is 3.23. The Morgan fingerprint density at radius 1 is 1.10 bits per heavy atom. The zero-order chi connectivity index (χ0) is 14.8. The molecule has 0 saturated heterocycles. The van der Waals surface area contributed by atoms with Crippen molar-refractivity contribution < 1.29 is 13.2 Å². The van der Waals surface area contributed by atoms with Gasteiger partial charge in [-0.2, -0.15) is 0 Å². The van der Waals surface area contributed by atoms with Crippen molar-refractivity contribution in [3.8, 4) is 5.75 Å². The number of methoxy groups -OCH3 is 1. The minimum atomic E-state index is -3.73. The van der Waals surface area contributed by atoms with Crippen LogP contribution >= 0.6 is 11.6 Å². The second-order valence-corrected chi connectivity index (χ2v) is 6.23. The monoisotopic (exact) mass is 311 g/mol. The lowest BCUT2D eigenvalue weighted by Crippen LogP contribution is -2.14. The van der Waals surface area contributed by atoms with Gasteiger partial charge in [0.1, 0.15) is 10.6 Å². The van der Waals surface area contributed by atoms with Crippen molar-refractivity contribution in [3.63, 3.8) is 0 Å². The third kappa shape index (κ3) is 2.89. The molecule has 0 bridgehead atoms. The van der Waals surface area contributed by atoms with E-state index in [4.69, 9.17) is 16.3 Å². The summed E-state index contributed by atoms with van der Waals surface area (Å²) in [6, 6.07) is 11.5. The van der Waals surface area contributed by atoms with Gasteiger partial charge in [-0.1, -0.05) is 29.8 Å². The number of hydrogen-bond acceptors (Lipinski definition) is 3. The minimum absolute atomic E-state index is 0.0851. The molecule has 106 valence electrons. The average molecular weight is 312 g/mol.